The molecule has 0 aliphatic heterocycles. The summed E-state index contributed by atoms with van der Waals surface area (Å²) in [5.74, 6) is 0.336. The van der Waals surface area contributed by atoms with Gasteiger partial charge in [0.05, 0.1) is 25.4 Å². The van der Waals surface area contributed by atoms with Gasteiger partial charge in [0.25, 0.3) is 0 Å². The van der Waals surface area contributed by atoms with Gasteiger partial charge >= 0.3 is 6.03 Å². The highest BCUT2D eigenvalue weighted by molar-refractivity contribution is 5.95. The lowest BCUT2D eigenvalue weighted by molar-refractivity contribution is 0.222. The fraction of sp³-hybridized carbons (Fsp3) is 0.538. The zero-order valence-electron chi connectivity index (χ0n) is 12.3. The second-order valence-corrected chi connectivity index (χ2v) is 4.49. The summed E-state index contributed by atoms with van der Waals surface area (Å²) in [6.45, 7) is 1.78. The summed E-state index contributed by atoms with van der Waals surface area (Å²) < 4.78 is 5.17. The summed E-state index contributed by atoms with van der Waals surface area (Å²) in [5, 5.41) is 14.5. The molecule has 1 aromatic heterocycles. The Morgan fingerprint density at radius 3 is 2.75 bits per heavy atom. The minimum atomic E-state index is -0.402. The monoisotopic (exact) mass is 282 g/mol. The number of ether oxygens (including phenoxy) is 1. The van der Waals surface area contributed by atoms with Crippen LogP contribution < -0.4 is 20.3 Å². The highest BCUT2D eigenvalue weighted by atomic mass is 16.5. The molecule has 1 aromatic rings. The quantitative estimate of drug-likeness (QED) is 0.726. The Morgan fingerprint density at radius 1 is 1.55 bits per heavy atom. The lowest BCUT2D eigenvalue weighted by atomic mass is 10.2. The van der Waals surface area contributed by atoms with Crippen molar-refractivity contribution in [3.8, 4) is 5.88 Å². The van der Waals surface area contributed by atoms with Gasteiger partial charge in [-0.3, -0.25) is 0 Å². The van der Waals surface area contributed by atoms with Crippen LogP contribution in [-0.2, 0) is 0 Å². The Hall–Kier alpha value is -2.02. The minimum absolute atomic E-state index is 0.103. The molecule has 2 amide bonds. The van der Waals surface area contributed by atoms with E-state index in [1.165, 1.54) is 7.11 Å². The van der Waals surface area contributed by atoms with Crippen LogP contribution in [0.2, 0.25) is 0 Å². The molecule has 0 aliphatic rings. The van der Waals surface area contributed by atoms with Crippen molar-refractivity contribution < 1.29 is 14.6 Å². The van der Waals surface area contributed by atoms with E-state index in [0.717, 1.165) is 5.69 Å². The van der Waals surface area contributed by atoms with Gasteiger partial charge in [-0.25, -0.2) is 9.78 Å². The highest BCUT2D eigenvalue weighted by Crippen LogP contribution is 2.31. The first-order valence-electron chi connectivity index (χ1n) is 6.42. The van der Waals surface area contributed by atoms with Gasteiger partial charge in [-0.2, -0.15) is 0 Å². The third-order valence-electron chi connectivity index (χ3n) is 2.86. The molecule has 1 atom stereocenters. The number of hydrogen-bond acceptors (Lipinski definition) is 5. The van der Waals surface area contributed by atoms with Crippen molar-refractivity contribution in [2.45, 2.75) is 19.4 Å². The van der Waals surface area contributed by atoms with Crippen LogP contribution in [0.5, 0.6) is 5.88 Å². The highest BCUT2D eigenvalue weighted by Gasteiger charge is 2.16. The molecular weight excluding hydrogens is 260 g/mol. The van der Waals surface area contributed by atoms with Crippen molar-refractivity contribution in [1.82, 2.24) is 10.3 Å². The van der Waals surface area contributed by atoms with Crippen LogP contribution >= 0.6 is 0 Å². The van der Waals surface area contributed by atoms with Crippen molar-refractivity contribution in [3.05, 3.63) is 12.3 Å². The van der Waals surface area contributed by atoms with E-state index in [-0.39, 0.29) is 12.6 Å². The van der Waals surface area contributed by atoms with Crippen molar-refractivity contribution in [2.75, 3.05) is 38.0 Å². The Bertz CT molecular complexity index is 447. The molecule has 0 saturated carbocycles. The van der Waals surface area contributed by atoms with Gasteiger partial charge in [0.2, 0.25) is 5.88 Å². The molecule has 0 spiro atoms. The number of aliphatic hydroxyl groups is 1. The molecule has 20 heavy (non-hydrogen) atoms. The summed E-state index contributed by atoms with van der Waals surface area (Å²) in [6.07, 6.45) is 2.26. The van der Waals surface area contributed by atoms with Crippen molar-refractivity contribution in [2.24, 2.45) is 0 Å². The van der Waals surface area contributed by atoms with Crippen LogP contribution in [0.4, 0.5) is 16.2 Å². The topological polar surface area (TPSA) is 86.7 Å². The lowest BCUT2D eigenvalue weighted by Crippen LogP contribution is -2.40. The number of urea groups is 1. The first-order valence-corrected chi connectivity index (χ1v) is 6.42. The van der Waals surface area contributed by atoms with Crippen molar-refractivity contribution in [3.63, 3.8) is 0 Å². The average Bonchev–Trinajstić information content (AvgIpc) is 2.44. The second-order valence-electron chi connectivity index (χ2n) is 4.49. The van der Waals surface area contributed by atoms with Crippen molar-refractivity contribution >= 4 is 17.4 Å². The van der Waals surface area contributed by atoms with Crippen LogP contribution in [0.25, 0.3) is 0 Å². The number of carbonyl (C=O) groups is 1. The predicted octanol–water partition coefficient (Wildman–Crippen LogP) is 1.05. The van der Waals surface area contributed by atoms with E-state index >= 15 is 0 Å². The number of nitrogens with one attached hydrogen (secondary N) is 2. The maximum Gasteiger partial charge on any atom is 0.319 e. The zero-order chi connectivity index (χ0) is 15.1. The summed E-state index contributed by atoms with van der Waals surface area (Å²) in [5.41, 5.74) is 1.27. The van der Waals surface area contributed by atoms with Gasteiger partial charge < -0.3 is 25.4 Å². The maximum absolute atomic E-state index is 11.9. The van der Waals surface area contributed by atoms with Gasteiger partial charge in [0, 0.05) is 20.3 Å². The predicted molar refractivity (Wildman–Crippen MR) is 78.4 cm³/mol. The molecule has 112 valence electrons. The minimum Gasteiger partial charge on any atom is -0.479 e. The Labute approximate surface area is 118 Å². The average molecular weight is 282 g/mol. The molecule has 7 nitrogen and oxygen atoms in total. The van der Waals surface area contributed by atoms with Gasteiger partial charge in [0.15, 0.2) is 0 Å². The molecule has 0 bridgehead atoms. The van der Waals surface area contributed by atoms with E-state index in [9.17, 15) is 4.79 Å². The van der Waals surface area contributed by atoms with Gasteiger partial charge in [-0.05, 0) is 12.5 Å². The third-order valence-corrected chi connectivity index (χ3v) is 2.86. The molecule has 1 unspecified atom stereocenters. The van der Waals surface area contributed by atoms with E-state index in [2.05, 4.69) is 15.6 Å². The number of aromatic nitrogens is 1. The first kappa shape index (κ1) is 16.0. The molecule has 7 heteroatoms. The fourth-order valence-corrected chi connectivity index (χ4v) is 1.69. The Morgan fingerprint density at radius 2 is 2.25 bits per heavy atom. The van der Waals surface area contributed by atoms with Crippen LogP contribution in [0, 0.1) is 0 Å². The molecule has 0 radical (unpaired) electrons. The van der Waals surface area contributed by atoms with E-state index < -0.39 is 6.03 Å². The lowest BCUT2D eigenvalue weighted by Gasteiger charge is -2.20. The number of amides is 2. The Balaban J connectivity index is 2.92. The number of carbonyl (C=O) groups excluding carboxylic acids is 1. The molecule has 1 heterocycles. The molecule has 3 N–H and O–H groups in total. The normalized spacial score (nSPS) is 11.7. The van der Waals surface area contributed by atoms with Crippen LogP contribution in [0.3, 0.4) is 0 Å². The van der Waals surface area contributed by atoms with Gasteiger partial charge in [-0.1, -0.05) is 6.92 Å². The van der Waals surface area contributed by atoms with Gasteiger partial charge in [-0.15, -0.1) is 0 Å². The van der Waals surface area contributed by atoms with E-state index in [4.69, 9.17) is 9.84 Å². The van der Waals surface area contributed by atoms with E-state index in [0.29, 0.717) is 18.0 Å². The smallest absolute Gasteiger partial charge is 0.319 e. The van der Waals surface area contributed by atoms with Crippen LogP contribution in [0.1, 0.15) is 13.3 Å². The molecule has 0 fully saturated rings. The molecule has 0 aromatic carbocycles. The number of anilines is 2. The summed E-state index contributed by atoms with van der Waals surface area (Å²) >= 11 is 0. The first-order chi connectivity index (χ1) is 9.53. The molecule has 0 saturated heterocycles. The number of nitrogens with zero attached hydrogens (tertiary/aromatic N) is 2. The second kappa shape index (κ2) is 7.54. The van der Waals surface area contributed by atoms with Crippen LogP contribution in [0.15, 0.2) is 12.3 Å². The summed E-state index contributed by atoms with van der Waals surface area (Å²) in [7, 11) is 5.22. The molecular formula is C13H22N4O3. The maximum atomic E-state index is 11.9. The van der Waals surface area contributed by atoms with Crippen LogP contribution in [-0.4, -0.2) is 50.0 Å². The zero-order valence-corrected chi connectivity index (χ0v) is 12.3. The number of rotatable bonds is 6. The summed E-state index contributed by atoms with van der Waals surface area (Å²) in [6, 6.07) is 1.10. The van der Waals surface area contributed by atoms with E-state index in [1.54, 1.807) is 12.3 Å². The van der Waals surface area contributed by atoms with Crippen molar-refractivity contribution in [1.29, 1.82) is 0 Å². The van der Waals surface area contributed by atoms with E-state index in [1.807, 2.05) is 25.9 Å². The molecule has 0 aliphatic carbocycles. The Kier molecular flexibility index (Phi) is 6.05. The number of hydrogen-bond donors (Lipinski definition) is 3. The standard InChI is InChI=1S/C13H22N4O3/c1-5-9(8-18)15-13(19)16-11-10(17(2)3)6-7-14-12(11)20-4/h6-7,9,18H,5,8H2,1-4H3,(H2,15,16,19). The third kappa shape index (κ3) is 3.99. The van der Waals surface area contributed by atoms with Gasteiger partial charge in [0.1, 0.15) is 5.69 Å². The number of methoxy groups -OCH3 is 1. The summed E-state index contributed by atoms with van der Waals surface area (Å²) in [4.78, 5) is 17.9. The SMILES string of the molecule is CCC(CO)NC(=O)Nc1c(N(C)C)ccnc1OC. The largest absolute Gasteiger partial charge is 0.479 e. The number of pyridine rings is 1. The number of aliphatic hydroxyl groups excluding tert-OH is 1. The molecule has 1 rings (SSSR count). The fourth-order valence-electron chi connectivity index (χ4n) is 1.69.